The lowest BCUT2D eigenvalue weighted by Crippen LogP contribution is -2.24. The summed E-state index contributed by atoms with van der Waals surface area (Å²) < 4.78 is 43.6. The van der Waals surface area contributed by atoms with Gasteiger partial charge in [-0.3, -0.25) is 4.79 Å². The first-order valence-corrected chi connectivity index (χ1v) is 6.97. The third kappa shape index (κ3) is 4.51. The van der Waals surface area contributed by atoms with Crippen LogP contribution < -0.4 is 16.0 Å². The smallest absolute Gasteiger partial charge is 0.433 e. The third-order valence-corrected chi connectivity index (χ3v) is 3.04. The molecule has 1 aromatic carbocycles. The Labute approximate surface area is 144 Å². The molecular formula is C15H10ClF3N4O2. The van der Waals surface area contributed by atoms with Gasteiger partial charge in [0.2, 0.25) is 5.95 Å². The first kappa shape index (κ1) is 18.4. The van der Waals surface area contributed by atoms with Gasteiger partial charge in [-0.2, -0.15) is 22.9 Å². The van der Waals surface area contributed by atoms with Gasteiger partial charge < -0.3 is 10.5 Å². The summed E-state index contributed by atoms with van der Waals surface area (Å²) in [5, 5.41) is 4.09. The van der Waals surface area contributed by atoms with E-state index in [0.29, 0.717) is 27.1 Å². The molecule has 0 fully saturated rings. The first-order valence-electron chi connectivity index (χ1n) is 6.59. The zero-order chi connectivity index (χ0) is 18.6. The number of aromatic nitrogens is 2. The highest BCUT2D eigenvalue weighted by Gasteiger charge is 2.33. The number of ether oxygens (including phenoxy) is 1. The Morgan fingerprint density at radius 2 is 2.16 bits per heavy atom. The highest BCUT2D eigenvalue weighted by Crippen LogP contribution is 2.27. The molecular weight excluding hydrogens is 361 g/mol. The lowest BCUT2D eigenvalue weighted by molar-refractivity contribution is -0.141. The summed E-state index contributed by atoms with van der Waals surface area (Å²) >= 11 is 5.88. The van der Waals surface area contributed by atoms with E-state index in [1.165, 1.54) is 12.1 Å². The molecule has 0 saturated heterocycles. The van der Waals surface area contributed by atoms with Gasteiger partial charge >= 0.3 is 6.18 Å². The number of halogens is 4. The van der Waals surface area contributed by atoms with Crippen LogP contribution in [0.5, 0.6) is 5.75 Å². The Bertz CT molecular complexity index is 916. The van der Waals surface area contributed by atoms with E-state index >= 15 is 0 Å². The standard InChI is InChI=1S/C15H10ClF3N4O2/c1-2-5-25-11-4-3-10(16)6-9(11)8-21-23-13(24)7-12(15(17,18)19)22-14(23)20/h1,3-4,6-8H,5H2,(H2,20,22)/b21-8-. The SMILES string of the molecule is C#CCOc1ccc(Cl)cc1/C=N\n1c(N)nc(C(F)(F)F)cc1=O. The lowest BCUT2D eigenvalue weighted by atomic mass is 10.2. The molecule has 25 heavy (non-hydrogen) atoms. The normalized spacial score (nSPS) is 11.5. The van der Waals surface area contributed by atoms with Crippen molar-refractivity contribution < 1.29 is 17.9 Å². The molecule has 1 aromatic heterocycles. The van der Waals surface area contributed by atoms with E-state index in [9.17, 15) is 18.0 Å². The number of nitrogens with two attached hydrogens (primary N) is 1. The molecule has 0 spiro atoms. The van der Waals surface area contributed by atoms with Crippen molar-refractivity contribution in [1.29, 1.82) is 0 Å². The number of rotatable bonds is 4. The molecule has 0 aliphatic heterocycles. The molecule has 0 bridgehead atoms. The van der Waals surface area contributed by atoms with Crippen LogP contribution >= 0.6 is 11.6 Å². The summed E-state index contributed by atoms with van der Waals surface area (Å²) in [6, 6.07) is 4.83. The molecule has 0 atom stereocenters. The van der Waals surface area contributed by atoms with Gasteiger partial charge in [0.1, 0.15) is 12.4 Å². The Morgan fingerprint density at radius 1 is 1.44 bits per heavy atom. The molecule has 1 heterocycles. The van der Waals surface area contributed by atoms with Crippen molar-refractivity contribution >= 4 is 23.8 Å². The molecule has 6 nitrogen and oxygen atoms in total. The molecule has 0 saturated carbocycles. The summed E-state index contributed by atoms with van der Waals surface area (Å²) in [5.41, 5.74) is 3.23. The fraction of sp³-hybridized carbons (Fsp3) is 0.133. The number of hydrogen-bond acceptors (Lipinski definition) is 5. The number of benzene rings is 1. The van der Waals surface area contributed by atoms with Crippen molar-refractivity contribution in [3.63, 3.8) is 0 Å². The minimum absolute atomic E-state index is 0.0214. The van der Waals surface area contributed by atoms with Gasteiger partial charge in [-0.15, -0.1) is 6.42 Å². The van der Waals surface area contributed by atoms with Crippen molar-refractivity contribution in [2.45, 2.75) is 6.18 Å². The summed E-state index contributed by atoms with van der Waals surface area (Å²) in [7, 11) is 0. The summed E-state index contributed by atoms with van der Waals surface area (Å²) in [6.45, 7) is -0.0214. The fourth-order valence-corrected chi connectivity index (χ4v) is 1.93. The molecule has 0 aliphatic rings. The highest BCUT2D eigenvalue weighted by atomic mass is 35.5. The lowest BCUT2D eigenvalue weighted by Gasteiger charge is -2.09. The predicted octanol–water partition coefficient (Wildman–Crippen LogP) is 2.39. The van der Waals surface area contributed by atoms with E-state index in [-0.39, 0.29) is 6.61 Å². The molecule has 10 heteroatoms. The maximum Gasteiger partial charge on any atom is 0.433 e. The summed E-state index contributed by atoms with van der Waals surface area (Å²) in [4.78, 5) is 14.9. The average Bonchev–Trinajstić information content (AvgIpc) is 2.52. The fourth-order valence-electron chi connectivity index (χ4n) is 1.75. The molecule has 0 radical (unpaired) electrons. The number of alkyl halides is 3. The average molecular weight is 371 g/mol. The highest BCUT2D eigenvalue weighted by molar-refractivity contribution is 6.30. The second-order valence-corrected chi connectivity index (χ2v) is 5.00. The van der Waals surface area contributed by atoms with E-state index in [1.54, 1.807) is 6.07 Å². The summed E-state index contributed by atoms with van der Waals surface area (Å²) in [6.07, 6.45) is 1.46. The van der Waals surface area contributed by atoms with Crippen molar-refractivity contribution in [2.75, 3.05) is 12.3 Å². The van der Waals surface area contributed by atoms with Gasteiger partial charge in [0.15, 0.2) is 5.69 Å². The molecule has 2 aromatic rings. The van der Waals surface area contributed by atoms with Crippen LogP contribution in [0.15, 0.2) is 34.2 Å². The van der Waals surface area contributed by atoms with Crippen LogP contribution in [0.25, 0.3) is 0 Å². The van der Waals surface area contributed by atoms with E-state index in [0.717, 1.165) is 6.21 Å². The Balaban J connectivity index is 2.42. The van der Waals surface area contributed by atoms with Gasteiger partial charge in [0.05, 0.1) is 6.21 Å². The predicted molar refractivity (Wildman–Crippen MR) is 86.7 cm³/mol. The maximum atomic E-state index is 12.6. The topological polar surface area (TPSA) is 82.5 Å². The van der Waals surface area contributed by atoms with Crippen LogP contribution in [0.3, 0.4) is 0 Å². The second kappa shape index (κ2) is 7.27. The van der Waals surface area contributed by atoms with Gasteiger partial charge in [-0.05, 0) is 18.2 Å². The minimum atomic E-state index is -4.79. The minimum Gasteiger partial charge on any atom is -0.480 e. The number of anilines is 1. The maximum absolute atomic E-state index is 12.6. The molecule has 0 amide bonds. The second-order valence-electron chi connectivity index (χ2n) is 4.57. The van der Waals surface area contributed by atoms with Crippen LogP contribution in [0.1, 0.15) is 11.3 Å². The van der Waals surface area contributed by atoms with Crippen molar-refractivity contribution in [3.8, 4) is 18.1 Å². The molecule has 0 aliphatic carbocycles. The molecule has 130 valence electrons. The van der Waals surface area contributed by atoms with Crippen molar-refractivity contribution in [2.24, 2.45) is 5.10 Å². The van der Waals surface area contributed by atoms with Crippen LogP contribution in [-0.4, -0.2) is 22.5 Å². The van der Waals surface area contributed by atoms with Crippen LogP contribution in [0.2, 0.25) is 5.02 Å². The van der Waals surface area contributed by atoms with E-state index in [1.807, 2.05) is 0 Å². The number of terminal acetylenes is 1. The zero-order valence-corrected chi connectivity index (χ0v) is 13.2. The molecule has 0 unspecified atom stereocenters. The van der Waals surface area contributed by atoms with Crippen LogP contribution in [-0.2, 0) is 6.18 Å². The molecule has 2 N–H and O–H groups in total. The van der Waals surface area contributed by atoms with Gasteiger partial charge in [0.25, 0.3) is 5.56 Å². The Morgan fingerprint density at radius 3 is 2.76 bits per heavy atom. The van der Waals surface area contributed by atoms with Crippen molar-refractivity contribution in [3.05, 3.63) is 50.9 Å². The van der Waals surface area contributed by atoms with Gasteiger partial charge in [0, 0.05) is 16.7 Å². The monoisotopic (exact) mass is 370 g/mol. The van der Waals surface area contributed by atoms with E-state index in [2.05, 4.69) is 16.0 Å². The first-order chi connectivity index (χ1) is 11.7. The van der Waals surface area contributed by atoms with Crippen molar-refractivity contribution in [1.82, 2.24) is 9.66 Å². The molecule has 2 rings (SSSR count). The van der Waals surface area contributed by atoms with E-state index < -0.39 is 23.4 Å². The number of nitrogen functional groups attached to an aromatic ring is 1. The van der Waals surface area contributed by atoms with Crippen LogP contribution in [0.4, 0.5) is 19.1 Å². The summed E-state index contributed by atoms with van der Waals surface area (Å²) in [5.74, 6) is 1.88. The van der Waals surface area contributed by atoms with Gasteiger partial charge in [-0.25, -0.2) is 4.98 Å². The zero-order valence-electron chi connectivity index (χ0n) is 12.4. The third-order valence-electron chi connectivity index (χ3n) is 2.81. The van der Waals surface area contributed by atoms with Crippen LogP contribution in [0, 0.1) is 12.3 Å². The largest absolute Gasteiger partial charge is 0.480 e. The number of nitrogens with zero attached hydrogens (tertiary/aromatic N) is 3. The van der Waals surface area contributed by atoms with E-state index in [4.69, 9.17) is 28.5 Å². The number of hydrogen-bond donors (Lipinski definition) is 1. The quantitative estimate of drug-likeness (QED) is 0.661. The van der Waals surface area contributed by atoms with Gasteiger partial charge in [-0.1, -0.05) is 17.5 Å². The Kier molecular flexibility index (Phi) is 5.34. The Hall–Kier alpha value is -2.99.